The second-order valence-corrected chi connectivity index (χ2v) is 2.69. The third-order valence-corrected chi connectivity index (χ3v) is 1.87. The van der Waals surface area contributed by atoms with Crippen molar-refractivity contribution in [2.75, 3.05) is 14.2 Å². The molecule has 0 saturated carbocycles. The average Bonchev–Trinajstić information content (AvgIpc) is 2.20. The number of hydrogen-bond acceptors (Lipinski definition) is 2. The van der Waals surface area contributed by atoms with E-state index >= 15 is 0 Å². The first-order valence-corrected chi connectivity index (χ1v) is 4.76. The van der Waals surface area contributed by atoms with Gasteiger partial charge >= 0.3 is 0 Å². The molecule has 2 nitrogen and oxygen atoms in total. The quantitative estimate of drug-likeness (QED) is 0.655. The first kappa shape index (κ1) is 12.1. The fourth-order valence-electron chi connectivity index (χ4n) is 1.19. The fourth-order valence-corrected chi connectivity index (χ4v) is 1.19. The summed E-state index contributed by atoms with van der Waals surface area (Å²) in [7, 11) is 3.35. The lowest BCUT2D eigenvalue weighted by Crippen LogP contribution is -2.01. The van der Waals surface area contributed by atoms with Crippen molar-refractivity contribution in [2.24, 2.45) is 0 Å². The van der Waals surface area contributed by atoms with Crippen molar-refractivity contribution in [1.29, 1.82) is 0 Å². The van der Waals surface area contributed by atoms with Gasteiger partial charge in [-0.15, -0.1) is 0 Å². The summed E-state index contributed by atoms with van der Waals surface area (Å²) in [6, 6.07) is 0. The highest BCUT2D eigenvalue weighted by molar-refractivity contribution is 5.25. The van der Waals surface area contributed by atoms with Crippen LogP contribution in [0.3, 0.4) is 0 Å². The predicted octanol–water partition coefficient (Wildman–Crippen LogP) is 3.26. The van der Waals surface area contributed by atoms with Gasteiger partial charge in [0.25, 0.3) is 0 Å². The van der Waals surface area contributed by atoms with Gasteiger partial charge in [-0.05, 0) is 19.4 Å². The van der Waals surface area contributed by atoms with E-state index in [1.807, 2.05) is 19.9 Å². The lowest BCUT2D eigenvalue weighted by atomic mass is 10.0. The molecule has 0 amide bonds. The van der Waals surface area contributed by atoms with Crippen molar-refractivity contribution < 1.29 is 9.47 Å². The van der Waals surface area contributed by atoms with Crippen LogP contribution in [0.2, 0.25) is 0 Å². The van der Waals surface area contributed by atoms with Crippen LogP contribution in [0, 0.1) is 0 Å². The van der Waals surface area contributed by atoms with E-state index in [4.69, 9.17) is 9.47 Å². The van der Waals surface area contributed by atoms with Crippen LogP contribution in [-0.2, 0) is 9.47 Å². The Bertz CT molecular complexity index is 202. The zero-order valence-corrected chi connectivity index (χ0v) is 9.31. The highest BCUT2D eigenvalue weighted by Crippen LogP contribution is 2.23. The molecule has 1 aliphatic rings. The average molecular weight is 184 g/mol. The molecule has 0 bridgehead atoms. The second-order valence-electron chi connectivity index (χ2n) is 2.69. The maximum atomic E-state index is 5.15. The summed E-state index contributed by atoms with van der Waals surface area (Å²) in [6.07, 6.45) is 4.07. The summed E-state index contributed by atoms with van der Waals surface area (Å²) in [5.41, 5.74) is 1.35. The van der Waals surface area contributed by atoms with Crippen molar-refractivity contribution >= 4 is 0 Å². The topological polar surface area (TPSA) is 18.5 Å². The lowest BCUT2D eigenvalue weighted by Gasteiger charge is -2.15. The largest absolute Gasteiger partial charge is 0.497 e. The second kappa shape index (κ2) is 6.58. The molecule has 0 aliphatic heterocycles. The molecule has 0 unspecified atom stereocenters. The van der Waals surface area contributed by atoms with Gasteiger partial charge in [-0.3, -0.25) is 0 Å². The minimum absolute atomic E-state index is 0.872. The number of hydrogen-bond donors (Lipinski definition) is 0. The summed E-state index contributed by atoms with van der Waals surface area (Å²) in [4.78, 5) is 0. The summed E-state index contributed by atoms with van der Waals surface area (Å²) in [5, 5.41) is 0. The maximum Gasteiger partial charge on any atom is 0.156 e. The van der Waals surface area contributed by atoms with Crippen molar-refractivity contribution in [3.05, 3.63) is 23.2 Å². The van der Waals surface area contributed by atoms with Gasteiger partial charge in [0, 0.05) is 6.42 Å². The molecule has 0 aromatic carbocycles. The molecule has 0 atom stereocenters. The first-order valence-electron chi connectivity index (χ1n) is 4.76. The SMILES string of the molecule is CC.COC1=C(OC)CCC(C)=C1. The molecule has 2 heteroatoms. The van der Waals surface area contributed by atoms with Gasteiger partial charge in [-0.2, -0.15) is 0 Å². The van der Waals surface area contributed by atoms with Gasteiger partial charge in [0.2, 0.25) is 0 Å². The smallest absolute Gasteiger partial charge is 0.156 e. The van der Waals surface area contributed by atoms with E-state index in [2.05, 4.69) is 6.92 Å². The zero-order valence-electron chi connectivity index (χ0n) is 9.31. The van der Waals surface area contributed by atoms with Gasteiger partial charge in [0.05, 0.1) is 14.2 Å². The van der Waals surface area contributed by atoms with E-state index in [-0.39, 0.29) is 0 Å². The molecule has 13 heavy (non-hydrogen) atoms. The zero-order chi connectivity index (χ0) is 10.3. The summed E-state index contributed by atoms with van der Waals surface area (Å²) in [5.74, 6) is 1.83. The Morgan fingerprint density at radius 3 is 2.15 bits per heavy atom. The van der Waals surface area contributed by atoms with Crippen LogP contribution in [-0.4, -0.2) is 14.2 Å². The summed E-state index contributed by atoms with van der Waals surface area (Å²) >= 11 is 0. The van der Waals surface area contributed by atoms with Gasteiger partial charge in [0.1, 0.15) is 5.76 Å². The summed E-state index contributed by atoms with van der Waals surface area (Å²) < 4.78 is 10.3. The first-order chi connectivity index (χ1) is 6.27. The van der Waals surface area contributed by atoms with Crippen molar-refractivity contribution in [2.45, 2.75) is 33.6 Å². The Morgan fingerprint density at radius 1 is 1.08 bits per heavy atom. The Hall–Kier alpha value is -0.920. The molecule has 1 aliphatic carbocycles. The molecule has 0 spiro atoms. The molecular formula is C11H20O2. The molecule has 0 saturated heterocycles. The van der Waals surface area contributed by atoms with Crippen LogP contribution in [0.25, 0.3) is 0 Å². The number of allylic oxidation sites excluding steroid dienone is 3. The molecular weight excluding hydrogens is 164 g/mol. The van der Waals surface area contributed by atoms with Crippen molar-refractivity contribution in [3.8, 4) is 0 Å². The predicted molar refractivity (Wildman–Crippen MR) is 55.4 cm³/mol. The Morgan fingerprint density at radius 2 is 1.69 bits per heavy atom. The lowest BCUT2D eigenvalue weighted by molar-refractivity contribution is 0.217. The molecule has 0 heterocycles. The van der Waals surface area contributed by atoms with Gasteiger partial charge in [0.15, 0.2) is 5.76 Å². The Labute approximate surface area is 81.2 Å². The van der Waals surface area contributed by atoms with E-state index in [0.29, 0.717) is 0 Å². The van der Waals surface area contributed by atoms with Crippen LogP contribution < -0.4 is 0 Å². The Kier molecular flexibility index (Phi) is 6.11. The Balaban J connectivity index is 0.000000671. The van der Waals surface area contributed by atoms with Crippen LogP contribution >= 0.6 is 0 Å². The minimum atomic E-state index is 0.872. The van der Waals surface area contributed by atoms with Gasteiger partial charge in [-0.25, -0.2) is 0 Å². The van der Waals surface area contributed by atoms with Crippen LogP contribution in [0.4, 0.5) is 0 Å². The van der Waals surface area contributed by atoms with Crippen LogP contribution in [0.5, 0.6) is 0 Å². The van der Waals surface area contributed by atoms with E-state index < -0.39 is 0 Å². The fraction of sp³-hybridized carbons (Fsp3) is 0.636. The van der Waals surface area contributed by atoms with Gasteiger partial charge < -0.3 is 9.47 Å². The molecule has 0 radical (unpaired) electrons. The minimum Gasteiger partial charge on any atom is -0.497 e. The molecule has 76 valence electrons. The highest BCUT2D eigenvalue weighted by Gasteiger charge is 2.11. The number of methoxy groups -OCH3 is 2. The van der Waals surface area contributed by atoms with E-state index in [1.54, 1.807) is 14.2 Å². The highest BCUT2D eigenvalue weighted by atomic mass is 16.5. The molecule has 0 aromatic heterocycles. The monoisotopic (exact) mass is 184 g/mol. The molecule has 0 N–H and O–H groups in total. The normalized spacial score (nSPS) is 15.6. The van der Waals surface area contributed by atoms with Crippen LogP contribution in [0.15, 0.2) is 23.2 Å². The van der Waals surface area contributed by atoms with Crippen molar-refractivity contribution in [3.63, 3.8) is 0 Å². The number of ether oxygens (including phenoxy) is 2. The van der Waals surface area contributed by atoms with E-state index in [1.165, 1.54) is 5.57 Å². The van der Waals surface area contributed by atoms with E-state index in [0.717, 1.165) is 24.4 Å². The van der Waals surface area contributed by atoms with Gasteiger partial charge in [-0.1, -0.05) is 19.4 Å². The molecule has 1 rings (SSSR count). The maximum absolute atomic E-state index is 5.15. The van der Waals surface area contributed by atoms with Crippen LogP contribution in [0.1, 0.15) is 33.6 Å². The standard InChI is InChI=1S/C9H14O2.C2H6/c1-7-4-5-8(10-2)9(6-7)11-3;1-2/h6H,4-5H2,1-3H3;1-2H3. The molecule has 0 fully saturated rings. The molecule has 0 aromatic rings. The van der Waals surface area contributed by atoms with E-state index in [9.17, 15) is 0 Å². The number of rotatable bonds is 2. The third kappa shape index (κ3) is 3.53. The van der Waals surface area contributed by atoms with Crippen molar-refractivity contribution in [1.82, 2.24) is 0 Å². The summed E-state index contributed by atoms with van der Waals surface area (Å²) in [6.45, 7) is 6.10. The third-order valence-electron chi connectivity index (χ3n) is 1.87.